The number of unbranched alkanes of at least 4 members (excludes halogenated alkanes) is 1. The fourth-order valence-corrected chi connectivity index (χ4v) is 19.6. The van der Waals surface area contributed by atoms with Crippen molar-refractivity contribution in [3.63, 3.8) is 0 Å². The number of ether oxygens (including phenoxy) is 5. The van der Waals surface area contributed by atoms with Crippen molar-refractivity contribution in [2.24, 2.45) is 85.2 Å². The molecule has 0 aromatic heterocycles. The molecule has 7 aromatic carbocycles. The zero-order valence-corrected chi connectivity index (χ0v) is 88.8. The van der Waals surface area contributed by atoms with E-state index in [0.717, 1.165) is 92.8 Å². The molecule has 6 aliphatic carbocycles. The minimum Gasteiger partial charge on any atom is -0.481 e. The Morgan fingerprint density at radius 1 is 0.432 bits per heavy atom. The Labute approximate surface area is 878 Å². The summed E-state index contributed by atoms with van der Waals surface area (Å²) in [5.41, 5.74) is 4.13. The SMILES string of the molecule is CC(CO)(CO)C(=O)O.CCC(CO)(CO)C(=O)O.CCC1CCC(C(CO)CO)CC1.CCCCC1CCC(C(CO)CO)CC1.OCC(CO)(CBr)CBr.OCC(CO)OCc1ccccc1.OCC1(CO)CC1.OCC1(CO)CC2C=CC1C2.OCC1(CO)COC(c2ccc(-c3ccccc3)cc2)OC1.OCC1(CO)COC(c2cccc3ccccc23)OC1.OCC1(CO)c2ccccc2-c2ccccc21. The zero-order valence-electron chi connectivity index (χ0n) is 85.6. The maximum atomic E-state index is 10.4. The number of halogens is 2. The molecule has 2 atom stereocenters. The third-order valence-corrected chi connectivity index (χ3v) is 32.4. The Hall–Kier alpha value is -6.64. The van der Waals surface area contributed by atoms with Crippen molar-refractivity contribution in [1.29, 1.82) is 0 Å². The number of aliphatic carboxylic acids is 2. The van der Waals surface area contributed by atoms with Crippen molar-refractivity contribution >= 4 is 54.6 Å². The quantitative estimate of drug-likeness (QED) is 0.0126. The van der Waals surface area contributed by atoms with E-state index in [4.69, 9.17) is 116 Å². The number of hydrogen-bond donors (Lipinski definition) is 24. The van der Waals surface area contributed by atoms with Gasteiger partial charge >= 0.3 is 11.9 Å². The normalized spacial score (nSPS) is 19.9. The van der Waals surface area contributed by atoms with Crippen molar-refractivity contribution in [3.05, 3.63) is 216 Å². The van der Waals surface area contributed by atoms with Gasteiger partial charge in [-0.1, -0.05) is 292 Å². The van der Waals surface area contributed by atoms with E-state index in [2.05, 4.69) is 70.0 Å². The summed E-state index contributed by atoms with van der Waals surface area (Å²) in [7, 11) is 0. The number of alkyl halides is 2. The van der Waals surface area contributed by atoms with Gasteiger partial charge in [-0.05, 0) is 150 Å². The van der Waals surface area contributed by atoms with Crippen LogP contribution in [0.1, 0.15) is 177 Å². The molecule has 4 saturated carbocycles. The van der Waals surface area contributed by atoms with Crippen molar-refractivity contribution < 1.29 is 156 Å². The lowest BCUT2D eigenvalue weighted by molar-refractivity contribution is -0.248. The third-order valence-electron chi connectivity index (χ3n) is 30.0. The van der Waals surface area contributed by atoms with E-state index in [9.17, 15) is 40.2 Å². The molecule has 822 valence electrons. The predicted octanol–water partition coefficient (Wildman–Crippen LogP) is 10.7. The highest BCUT2D eigenvalue weighted by Crippen LogP contribution is 2.52. The van der Waals surface area contributed by atoms with Crippen LogP contribution in [0, 0.1) is 85.2 Å². The molecule has 33 heteroatoms. The highest BCUT2D eigenvalue weighted by Gasteiger charge is 2.49. The maximum absolute atomic E-state index is 10.4. The lowest BCUT2D eigenvalue weighted by atomic mass is 9.75. The van der Waals surface area contributed by atoms with Crippen LogP contribution in [-0.2, 0) is 45.3 Å². The Kier molecular flexibility index (Phi) is 60.8. The lowest BCUT2D eigenvalue weighted by Gasteiger charge is -2.37. The van der Waals surface area contributed by atoms with E-state index in [-0.39, 0.29) is 180 Å². The Bertz CT molecular complexity index is 4530. The molecule has 0 amide bonds. The molecule has 15 rings (SSSR count). The second-order valence-electron chi connectivity index (χ2n) is 40.4. The van der Waals surface area contributed by atoms with Gasteiger partial charge in [0, 0.05) is 76.3 Å². The van der Waals surface area contributed by atoms with Crippen molar-refractivity contribution in [3.8, 4) is 22.3 Å². The van der Waals surface area contributed by atoms with E-state index >= 15 is 0 Å². The van der Waals surface area contributed by atoms with Gasteiger partial charge in [0.2, 0.25) is 0 Å². The average Bonchev–Trinajstić information content (AvgIpc) is 1.57. The first-order chi connectivity index (χ1) is 70.4. The van der Waals surface area contributed by atoms with Crippen LogP contribution in [0.15, 0.2) is 188 Å². The minimum atomic E-state index is -1.39. The van der Waals surface area contributed by atoms with Crippen molar-refractivity contribution in [2.45, 2.75) is 168 Å². The van der Waals surface area contributed by atoms with Crippen LogP contribution in [0.25, 0.3) is 33.0 Å². The minimum absolute atomic E-state index is 0. The van der Waals surface area contributed by atoms with E-state index in [0.29, 0.717) is 40.9 Å². The summed E-state index contributed by atoms with van der Waals surface area (Å²) in [5, 5.41) is 218. The van der Waals surface area contributed by atoms with Crippen LogP contribution in [0.4, 0.5) is 0 Å². The number of rotatable bonds is 39. The third kappa shape index (κ3) is 38.0. The maximum Gasteiger partial charge on any atom is 0.314 e. The molecule has 6 fully saturated rings. The second kappa shape index (κ2) is 68.4. The number of allylic oxidation sites excluding steroid dienone is 2. The molecule has 2 aliphatic heterocycles. The summed E-state index contributed by atoms with van der Waals surface area (Å²) in [6.07, 6.45) is 22.7. The smallest absolute Gasteiger partial charge is 0.314 e. The Morgan fingerprint density at radius 2 is 0.863 bits per heavy atom. The number of aliphatic hydroxyl groups excluding tert-OH is 22. The monoisotopic (exact) mass is 2180 g/mol. The highest BCUT2D eigenvalue weighted by molar-refractivity contribution is 9.09. The molecule has 31 nitrogen and oxygen atoms in total. The second-order valence-corrected chi connectivity index (χ2v) is 41.6. The molecule has 24 N–H and O–H groups in total. The summed E-state index contributed by atoms with van der Waals surface area (Å²) in [6, 6.07) is 57.9. The topological polar surface area (TPSA) is 566 Å². The standard InChI is InChI=1S/C18H20O4.C16H18O4.C15H14O2.C13H26O2.C11H22O2.C10H14O3.C9H14O2.C6H12O4.C5H10Br2O2.C5H10O4.C5H10O2/c19-10-18(11-20)12-21-17(22-13-18)16-8-6-15(7-9-16)14-4-2-1-3-5-14;17-8-16(9-18)10-19-15(20-11-16)14-7-3-5-12-4-1-2-6-13(12)14;16-9-15(10-17)13-7-3-1-5-11(13)12-6-2-4-8-14(12)15;1-2-3-4-11-5-7-12(8-6-11)13(9-14)10-15;1-2-9-3-5-10(6-4-9)11(7-12)8-13;11-6-10(7-12)13-8-9-4-2-1-3-5-9;10-5-9(6-11)4-7-1-2-8(9)3-7;1-2-6(3-7,4-8)5(9)10;6-1-5(2-7,3-8)4-9;1-5(2-6,3-7)4(8)9;6-3-5(4-7)1-2-5/h1-9,17,19-20H,10-13H2;1-7,15,17-18H,8-11H2;1-8,16-17H,9-10H2;11-15H,2-10H2,1H3;9-13H,2-8H2,1H3;1-5,10-12H,6-8H2;1-2,7-8,10-11H,3-6H2;7-8H,2-4H2,1H3,(H,9,10);8-9H,1-4H2;6-7H,2-3H2,1H3,(H,8,9);6-7H,1-4H2. The molecule has 146 heavy (non-hydrogen) atoms. The summed E-state index contributed by atoms with van der Waals surface area (Å²) in [5.74, 6) is 1.94. The van der Waals surface area contributed by atoms with Gasteiger partial charge in [0.25, 0.3) is 0 Å². The van der Waals surface area contributed by atoms with E-state index in [1.165, 1.54) is 89.5 Å². The molecule has 2 unspecified atom stereocenters. The van der Waals surface area contributed by atoms with Crippen molar-refractivity contribution in [2.75, 3.05) is 182 Å². The summed E-state index contributed by atoms with van der Waals surface area (Å²) < 4.78 is 28.0. The largest absolute Gasteiger partial charge is 0.481 e. The van der Waals surface area contributed by atoms with Gasteiger partial charge < -0.3 is 146 Å². The number of hydrogen-bond acceptors (Lipinski definition) is 29. The zero-order chi connectivity index (χ0) is 108. The number of benzene rings is 7. The predicted molar refractivity (Wildman–Crippen MR) is 567 cm³/mol. The van der Waals surface area contributed by atoms with E-state index in [1.807, 2.05) is 164 Å². The number of fused-ring (bicyclic) bond motifs is 6. The van der Waals surface area contributed by atoms with Crippen LogP contribution in [0.3, 0.4) is 0 Å². The molecule has 0 spiro atoms. The molecule has 2 bridgehead atoms. The average molecular weight is 2180 g/mol. The number of carbonyl (C=O) groups is 2. The van der Waals surface area contributed by atoms with Gasteiger partial charge in [0.05, 0.1) is 168 Å². The van der Waals surface area contributed by atoms with Gasteiger partial charge in [-0.2, -0.15) is 0 Å². The number of aliphatic hydroxyl groups is 22. The van der Waals surface area contributed by atoms with Gasteiger partial charge in [0.1, 0.15) is 16.9 Å². The summed E-state index contributed by atoms with van der Waals surface area (Å²) in [4.78, 5) is 20.6. The molecule has 2 heterocycles. The van der Waals surface area contributed by atoms with E-state index < -0.39 is 84.1 Å². The lowest BCUT2D eigenvalue weighted by Crippen LogP contribution is -2.44. The van der Waals surface area contributed by atoms with Crippen molar-refractivity contribution in [1.82, 2.24) is 0 Å². The van der Waals surface area contributed by atoms with Gasteiger partial charge in [-0.15, -0.1) is 0 Å². The number of carboxylic acid groups (broad SMARTS) is 2. The molecule has 8 aliphatic rings. The Morgan fingerprint density at radius 3 is 1.20 bits per heavy atom. The Balaban J connectivity index is 0.000000287. The van der Waals surface area contributed by atoms with E-state index in [1.54, 1.807) is 6.92 Å². The molecular formula is C113H170Br2O31. The van der Waals surface area contributed by atoms with Gasteiger partial charge in [-0.3, -0.25) is 9.59 Å². The molecule has 0 radical (unpaired) electrons. The fraction of sp³-hybridized carbons (Fsp3) is 0.611. The van der Waals surface area contributed by atoms with Crippen LogP contribution in [0.5, 0.6) is 0 Å². The van der Waals surface area contributed by atoms with Crippen LogP contribution in [0.2, 0.25) is 0 Å². The molecule has 7 aromatic rings. The number of carboxylic acids is 2. The first kappa shape index (κ1) is 130. The summed E-state index contributed by atoms with van der Waals surface area (Å²) >= 11 is 6.41. The highest BCUT2D eigenvalue weighted by atomic mass is 79.9. The molecular weight excluding hydrogens is 2010 g/mol. The molecule has 2 saturated heterocycles. The van der Waals surface area contributed by atoms with Gasteiger partial charge in [0.15, 0.2) is 12.6 Å². The first-order valence-electron chi connectivity index (χ1n) is 51.0. The van der Waals surface area contributed by atoms with Crippen LogP contribution < -0.4 is 0 Å². The summed E-state index contributed by atoms with van der Waals surface area (Å²) in [6.45, 7) is 6.97. The first-order valence-corrected chi connectivity index (χ1v) is 53.3. The van der Waals surface area contributed by atoms with Crippen LogP contribution >= 0.6 is 31.9 Å². The van der Waals surface area contributed by atoms with Crippen LogP contribution in [-0.4, -0.2) is 323 Å². The van der Waals surface area contributed by atoms with Gasteiger partial charge in [-0.25, -0.2) is 0 Å². The fourth-order valence-electron chi connectivity index (χ4n) is 17.9.